The molecule has 3 heterocycles. The molecule has 9 rings (SSSR count). The number of aliphatic hydroxyl groups is 3. The van der Waals surface area contributed by atoms with E-state index in [-0.39, 0.29) is 5.82 Å². The van der Waals surface area contributed by atoms with Crippen LogP contribution in [-0.4, -0.2) is 120 Å². The molecule has 6 atom stereocenters. The van der Waals surface area contributed by atoms with Crippen molar-refractivity contribution in [3.05, 3.63) is 95.3 Å². The summed E-state index contributed by atoms with van der Waals surface area (Å²) < 4.78 is 23.9. The van der Waals surface area contributed by atoms with Crippen molar-refractivity contribution < 1.29 is 29.2 Å². The molecule has 74 heavy (non-hydrogen) atoms. The molecule has 414 valence electrons. The summed E-state index contributed by atoms with van der Waals surface area (Å²) in [5.74, 6) is 2.69. The fourth-order valence-corrected chi connectivity index (χ4v) is 14.0. The Labute approximate surface area is 449 Å². The zero-order chi connectivity index (χ0) is 51.9. The first kappa shape index (κ1) is 58.6. The zero-order valence-electron chi connectivity index (χ0n) is 46.6. The summed E-state index contributed by atoms with van der Waals surface area (Å²) in [6, 6.07) is 23.2. The normalized spacial score (nSPS) is 29.2. The van der Waals surface area contributed by atoms with E-state index in [1.807, 2.05) is 36.4 Å². The lowest BCUT2D eigenvalue weighted by atomic mass is 9.78. The lowest BCUT2D eigenvalue weighted by Crippen LogP contribution is -2.45. The second-order valence-corrected chi connectivity index (χ2v) is 24.2. The number of hydrogen-bond acceptors (Lipinski definition) is 8. The van der Waals surface area contributed by atoms with E-state index in [0.717, 1.165) is 107 Å². The first-order valence-electron chi connectivity index (χ1n) is 30.4. The van der Waals surface area contributed by atoms with Gasteiger partial charge in [0, 0.05) is 56.7 Å². The van der Waals surface area contributed by atoms with Crippen LogP contribution in [0.5, 0.6) is 11.5 Å². The van der Waals surface area contributed by atoms with E-state index in [1.54, 1.807) is 14.2 Å². The van der Waals surface area contributed by atoms with Gasteiger partial charge in [-0.2, -0.15) is 0 Å². The summed E-state index contributed by atoms with van der Waals surface area (Å²) in [6.07, 6.45) is 35.3. The number of methoxy groups -OCH3 is 2. The van der Waals surface area contributed by atoms with Crippen LogP contribution in [0.15, 0.2) is 72.8 Å². The molecule has 0 spiro atoms. The van der Waals surface area contributed by atoms with Crippen LogP contribution in [0.4, 0.5) is 4.39 Å². The maximum absolute atomic E-state index is 13.2. The molecule has 9 heteroatoms. The highest BCUT2D eigenvalue weighted by atomic mass is 19.1. The van der Waals surface area contributed by atoms with Crippen molar-refractivity contribution in [1.82, 2.24) is 14.7 Å². The van der Waals surface area contributed by atoms with Gasteiger partial charge in [0.15, 0.2) is 0 Å². The smallest absolute Gasteiger partial charge is 0.123 e. The molecule has 0 aromatic heterocycles. The third-order valence-corrected chi connectivity index (χ3v) is 18.5. The summed E-state index contributed by atoms with van der Waals surface area (Å²) in [4.78, 5) is 7.83. The molecule has 3 saturated carbocycles. The minimum atomic E-state index is -0.638. The summed E-state index contributed by atoms with van der Waals surface area (Å²) in [5.41, 5.74) is 1.67. The third-order valence-electron chi connectivity index (χ3n) is 18.5. The van der Waals surface area contributed by atoms with E-state index in [0.29, 0.717) is 24.2 Å². The van der Waals surface area contributed by atoms with Crippen LogP contribution in [0, 0.1) is 23.6 Å². The average molecular weight is 1020 g/mol. The summed E-state index contributed by atoms with van der Waals surface area (Å²) in [6.45, 7) is 10.4. The van der Waals surface area contributed by atoms with E-state index in [2.05, 4.69) is 39.0 Å². The van der Waals surface area contributed by atoms with Gasteiger partial charge in [-0.1, -0.05) is 133 Å². The van der Waals surface area contributed by atoms with Gasteiger partial charge in [0.05, 0.1) is 31.0 Å². The van der Waals surface area contributed by atoms with Crippen molar-refractivity contribution in [3.63, 3.8) is 0 Å². The van der Waals surface area contributed by atoms with Crippen molar-refractivity contribution in [2.75, 3.05) is 73.1 Å². The maximum atomic E-state index is 13.2. The molecule has 3 aromatic carbocycles. The van der Waals surface area contributed by atoms with Crippen LogP contribution in [0.3, 0.4) is 0 Å². The van der Waals surface area contributed by atoms with Gasteiger partial charge in [-0.3, -0.25) is 0 Å². The van der Waals surface area contributed by atoms with Crippen molar-refractivity contribution in [3.8, 4) is 11.5 Å². The Morgan fingerprint density at radius 2 is 0.716 bits per heavy atom. The summed E-state index contributed by atoms with van der Waals surface area (Å²) >= 11 is 0. The number of hydrogen-bond donors (Lipinski definition) is 3. The Bertz CT molecular complexity index is 1900. The van der Waals surface area contributed by atoms with Gasteiger partial charge in [-0.15, -0.1) is 0 Å². The number of nitrogens with zero attached hydrogens (tertiary/aromatic N) is 3. The van der Waals surface area contributed by atoms with Gasteiger partial charge in [-0.25, -0.2) is 4.39 Å². The van der Waals surface area contributed by atoms with Crippen LogP contribution in [-0.2, 0) is 19.3 Å². The molecule has 6 fully saturated rings. The second kappa shape index (κ2) is 30.8. The molecule has 0 amide bonds. The molecule has 3 aliphatic carbocycles. The third kappa shape index (κ3) is 18.9. The Morgan fingerprint density at radius 1 is 0.405 bits per heavy atom. The zero-order valence-corrected chi connectivity index (χ0v) is 46.6. The number of rotatable bonds is 14. The van der Waals surface area contributed by atoms with E-state index in [9.17, 15) is 19.7 Å². The van der Waals surface area contributed by atoms with Gasteiger partial charge in [-0.05, 0) is 169 Å². The van der Waals surface area contributed by atoms with Gasteiger partial charge in [0.2, 0.25) is 0 Å². The Morgan fingerprint density at radius 3 is 1.04 bits per heavy atom. The maximum Gasteiger partial charge on any atom is 0.123 e. The number of ether oxygens (including phenoxy) is 2. The van der Waals surface area contributed by atoms with Crippen LogP contribution in [0.25, 0.3) is 0 Å². The van der Waals surface area contributed by atoms with Gasteiger partial charge in [0.1, 0.15) is 17.3 Å². The van der Waals surface area contributed by atoms with Crippen molar-refractivity contribution in [2.24, 2.45) is 17.8 Å². The van der Waals surface area contributed by atoms with Crippen LogP contribution in [0.2, 0.25) is 0 Å². The minimum Gasteiger partial charge on any atom is -0.497 e. The monoisotopic (exact) mass is 1020 g/mol. The van der Waals surface area contributed by atoms with Crippen LogP contribution in [0.1, 0.15) is 190 Å². The van der Waals surface area contributed by atoms with Gasteiger partial charge in [0.25, 0.3) is 0 Å². The molecule has 6 unspecified atom stereocenters. The largest absolute Gasteiger partial charge is 0.497 e. The van der Waals surface area contributed by atoms with E-state index in [1.165, 1.54) is 178 Å². The lowest BCUT2D eigenvalue weighted by Gasteiger charge is -2.38. The highest BCUT2D eigenvalue weighted by molar-refractivity contribution is 5.31. The van der Waals surface area contributed by atoms with Crippen LogP contribution < -0.4 is 9.47 Å². The molecule has 3 saturated heterocycles. The molecule has 3 aliphatic heterocycles. The minimum absolute atomic E-state index is 0.201. The molecular weight excluding hydrogens is 922 g/mol. The summed E-state index contributed by atoms with van der Waals surface area (Å²) in [5, 5.41) is 34.8. The molecule has 3 aromatic rings. The molecule has 0 bridgehead atoms. The Kier molecular flexibility index (Phi) is 24.4. The quantitative estimate of drug-likeness (QED) is 0.138. The molecule has 3 N–H and O–H groups in total. The number of halogens is 1. The van der Waals surface area contributed by atoms with Crippen molar-refractivity contribution in [1.29, 1.82) is 0 Å². The average Bonchev–Trinajstić information content (AvgIpc) is 4.08. The second-order valence-electron chi connectivity index (χ2n) is 24.2. The SMILES string of the molecule is COc1cccc(CC2(O)CCCCCC2CN2CCCCCC2)c1.COc1cccc(CC2(O)CCCCCC2CN2CCCCCC2)c1.OC1(Cc2ccc(F)cc2)CCCCCC1CN1CCCCCC1. The van der Waals surface area contributed by atoms with E-state index in [4.69, 9.17) is 9.47 Å². The van der Waals surface area contributed by atoms with Gasteiger partial charge >= 0.3 is 0 Å². The van der Waals surface area contributed by atoms with Crippen molar-refractivity contribution in [2.45, 2.75) is 209 Å². The standard InChI is InChI=1S/2C22H35NO2.C21H32FNO/c2*1-25-21-12-9-10-19(16-21)17-22(24)13-6-4-5-11-20(22)18-23-14-7-2-3-8-15-23;22-20-11-9-18(10-12-20)16-21(24)13-5-3-4-8-19(21)17-23-14-6-1-2-7-15-23/h2*9-10,12,16,20,24H,2-8,11,13-15,17-18H2,1H3;9-12,19,24H,1-8,13-17H2. The first-order valence-corrected chi connectivity index (χ1v) is 30.4. The fourth-order valence-electron chi connectivity index (χ4n) is 14.0. The predicted molar refractivity (Wildman–Crippen MR) is 303 cm³/mol. The molecule has 8 nitrogen and oxygen atoms in total. The van der Waals surface area contributed by atoms with E-state index < -0.39 is 16.8 Å². The lowest BCUT2D eigenvalue weighted by molar-refractivity contribution is -0.0370. The first-order chi connectivity index (χ1) is 36.0. The fraction of sp³-hybridized carbons (Fsp3) is 0.723. The van der Waals surface area contributed by atoms with Crippen LogP contribution >= 0.6 is 0 Å². The van der Waals surface area contributed by atoms with Gasteiger partial charge < -0.3 is 39.5 Å². The predicted octanol–water partition coefficient (Wildman–Crippen LogP) is 13.4. The number of likely N-dealkylation sites (tertiary alicyclic amines) is 3. The number of benzene rings is 3. The topological polar surface area (TPSA) is 88.9 Å². The summed E-state index contributed by atoms with van der Waals surface area (Å²) in [7, 11) is 3.42. The molecule has 0 radical (unpaired) electrons. The van der Waals surface area contributed by atoms with Crippen molar-refractivity contribution >= 4 is 0 Å². The van der Waals surface area contributed by atoms with E-state index >= 15 is 0 Å². The highest BCUT2D eigenvalue weighted by Gasteiger charge is 2.41. The Hall–Kier alpha value is -3.05. The Balaban J connectivity index is 0.000000162. The molecule has 6 aliphatic rings. The molecular formula is C65H102FN3O5. The highest BCUT2D eigenvalue weighted by Crippen LogP contribution is 2.40.